The van der Waals surface area contributed by atoms with Crippen LogP contribution in [0.1, 0.15) is 19.4 Å². The zero-order chi connectivity index (χ0) is 14.0. The van der Waals surface area contributed by atoms with Crippen LogP contribution < -0.4 is 11.1 Å². The third kappa shape index (κ3) is 2.17. The van der Waals surface area contributed by atoms with Crippen LogP contribution in [0, 0.1) is 23.8 Å². The summed E-state index contributed by atoms with van der Waals surface area (Å²) in [4.78, 5) is 3.59. The number of hydrogen-bond donors (Lipinski definition) is 2. The average molecular weight is 250 g/mol. The highest BCUT2D eigenvalue weighted by Gasteiger charge is 2.26. The molecule has 2 rings (SSSR count). The number of nitrogen functional groups attached to an aromatic ring is 1. The van der Waals surface area contributed by atoms with Crippen molar-refractivity contribution in [3.05, 3.63) is 58.2 Å². The first-order chi connectivity index (χ1) is 9.08. The highest BCUT2D eigenvalue weighted by atomic mass is 14.9. The molecule has 4 nitrogen and oxygen atoms in total. The van der Waals surface area contributed by atoms with E-state index in [1.165, 1.54) is 0 Å². The lowest BCUT2D eigenvalue weighted by atomic mass is 9.90. The number of nitrogens with two attached hydrogens (primary N) is 1. The smallest absolute Gasteiger partial charge is 0.196 e. The first kappa shape index (κ1) is 12.7. The third-order valence-electron chi connectivity index (χ3n) is 3.26. The summed E-state index contributed by atoms with van der Waals surface area (Å²) < 4.78 is 0. The maximum absolute atomic E-state index is 9.15. The second-order valence-electron chi connectivity index (χ2n) is 4.49. The molecule has 4 heteroatoms. The van der Waals surface area contributed by atoms with Gasteiger partial charge in [-0.25, -0.2) is 4.85 Å². The molecule has 0 spiro atoms. The van der Waals surface area contributed by atoms with Gasteiger partial charge in [-0.15, -0.1) is 0 Å². The summed E-state index contributed by atoms with van der Waals surface area (Å²) >= 11 is 0. The van der Waals surface area contributed by atoms with Gasteiger partial charge in [0.1, 0.15) is 0 Å². The Balaban J connectivity index is 2.54. The number of dihydropyridines is 1. The van der Waals surface area contributed by atoms with Gasteiger partial charge in [-0.1, -0.05) is 19.1 Å². The van der Waals surface area contributed by atoms with Crippen LogP contribution >= 0.6 is 0 Å². The summed E-state index contributed by atoms with van der Waals surface area (Å²) in [6.07, 6.45) is 0. The van der Waals surface area contributed by atoms with Crippen molar-refractivity contribution in [2.45, 2.75) is 13.8 Å². The lowest BCUT2D eigenvalue weighted by Gasteiger charge is -2.25. The number of nitrogens with zero attached hydrogens (tertiary/aromatic N) is 2. The molecule has 0 aromatic heterocycles. The Hall–Kier alpha value is -2.72. The molecule has 0 saturated heterocycles. The molecule has 1 aliphatic rings. The molecule has 0 fully saturated rings. The Morgan fingerprint density at radius 1 is 1.37 bits per heavy atom. The molecule has 0 unspecified atom stereocenters. The van der Waals surface area contributed by atoms with E-state index in [1.807, 2.05) is 26.0 Å². The predicted molar refractivity (Wildman–Crippen MR) is 75.0 cm³/mol. The Morgan fingerprint density at radius 2 is 2.00 bits per heavy atom. The maximum atomic E-state index is 9.15. The quantitative estimate of drug-likeness (QED) is 0.595. The van der Waals surface area contributed by atoms with Gasteiger partial charge in [0.2, 0.25) is 0 Å². The van der Waals surface area contributed by atoms with Crippen LogP contribution in [-0.4, -0.2) is 0 Å². The number of rotatable bonds is 1. The molecule has 3 N–H and O–H groups in total. The van der Waals surface area contributed by atoms with Gasteiger partial charge in [0, 0.05) is 28.6 Å². The Labute approximate surface area is 112 Å². The van der Waals surface area contributed by atoms with E-state index in [9.17, 15) is 0 Å². The Morgan fingerprint density at radius 3 is 2.53 bits per heavy atom. The van der Waals surface area contributed by atoms with Crippen molar-refractivity contribution >= 4 is 11.4 Å². The standard InChI is InChI=1S/C15H14N4/c1-9-13(8-16)10(2)19-15(14(9)18-3)11-4-6-12(17)7-5-11/h4-7,9,19H,17H2,1-2H3/t9-/m1/s1. The number of benzene rings is 1. The van der Waals surface area contributed by atoms with Gasteiger partial charge >= 0.3 is 0 Å². The van der Waals surface area contributed by atoms with E-state index in [0.717, 1.165) is 17.0 Å². The van der Waals surface area contributed by atoms with Gasteiger partial charge < -0.3 is 11.1 Å². The second kappa shape index (κ2) is 4.88. The van der Waals surface area contributed by atoms with E-state index >= 15 is 0 Å². The summed E-state index contributed by atoms with van der Waals surface area (Å²) in [5.41, 5.74) is 10.0. The van der Waals surface area contributed by atoms with Crippen LogP contribution in [0.5, 0.6) is 0 Å². The number of anilines is 1. The van der Waals surface area contributed by atoms with Crippen LogP contribution in [0.2, 0.25) is 0 Å². The molecule has 0 amide bonds. The SMILES string of the molecule is [C-]#[N+]C1=C(c2ccc(N)cc2)NC(C)=C(C#N)[C@H]1C. The molecule has 0 aliphatic carbocycles. The van der Waals surface area contributed by atoms with Crippen molar-refractivity contribution in [2.75, 3.05) is 5.73 Å². The van der Waals surface area contributed by atoms with Gasteiger partial charge in [-0.2, -0.15) is 5.26 Å². The van der Waals surface area contributed by atoms with Crippen LogP contribution in [0.15, 0.2) is 41.2 Å². The monoisotopic (exact) mass is 250 g/mol. The minimum Gasteiger partial charge on any atom is -0.399 e. The molecule has 1 atom stereocenters. The van der Waals surface area contributed by atoms with Gasteiger partial charge in [0.25, 0.3) is 0 Å². The zero-order valence-electron chi connectivity index (χ0n) is 10.9. The highest BCUT2D eigenvalue weighted by molar-refractivity contribution is 5.74. The van der Waals surface area contributed by atoms with Gasteiger partial charge in [0.05, 0.1) is 12.6 Å². The predicted octanol–water partition coefficient (Wildman–Crippen LogP) is 2.89. The zero-order valence-corrected chi connectivity index (χ0v) is 10.9. The van der Waals surface area contributed by atoms with Gasteiger partial charge in [-0.05, 0) is 24.6 Å². The van der Waals surface area contributed by atoms with Crippen molar-refractivity contribution in [3.8, 4) is 6.07 Å². The number of nitrogens with one attached hydrogen (secondary N) is 1. The molecule has 0 radical (unpaired) electrons. The van der Waals surface area contributed by atoms with E-state index < -0.39 is 0 Å². The average Bonchev–Trinajstić information content (AvgIpc) is 2.39. The molecule has 0 saturated carbocycles. The van der Waals surface area contributed by atoms with E-state index in [4.69, 9.17) is 17.6 Å². The first-order valence-corrected chi connectivity index (χ1v) is 5.94. The fraction of sp³-hybridized carbons (Fsp3) is 0.200. The minimum absolute atomic E-state index is 0.184. The van der Waals surface area contributed by atoms with Gasteiger partial charge in [-0.3, -0.25) is 0 Å². The van der Waals surface area contributed by atoms with Crippen molar-refractivity contribution in [3.63, 3.8) is 0 Å². The molecule has 1 aliphatic heterocycles. The second-order valence-corrected chi connectivity index (χ2v) is 4.49. The van der Waals surface area contributed by atoms with Crippen LogP contribution in [-0.2, 0) is 0 Å². The summed E-state index contributed by atoms with van der Waals surface area (Å²) in [7, 11) is 0. The summed E-state index contributed by atoms with van der Waals surface area (Å²) in [6, 6.07) is 9.52. The van der Waals surface area contributed by atoms with E-state index in [-0.39, 0.29) is 5.92 Å². The topological polar surface area (TPSA) is 66.2 Å². The minimum atomic E-state index is -0.184. The lowest BCUT2D eigenvalue weighted by molar-refractivity contribution is 0.786. The Bertz CT molecular complexity index is 651. The van der Waals surface area contributed by atoms with Crippen LogP contribution in [0.4, 0.5) is 5.69 Å². The first-order valence-electron chi connectivity index (χ1n) is 5.94. The highest BCUT2D eigenvalue weighted by Crippen LogP contribution is 2.33. The largest absolute Gasteiger partial charge is 0.399 e. The van der Waals surface area contributed by atoms with E-state index in [1.54, 1.807) is 12.1 Å². The maximum Gasteiger partial charge on any atom is 0.196 e. The van der Waals surface area contributed by atoms with Crippen molar-refractivity contribution in [1.29, 1.82) is 5.26 Å². The molecule has 0 bridgehead atoms. The fourth-order valence-electron chi connectivity index (χ4n) is 2.20. The van der Waals surface area contributed by atoms with Crippen molar-refractivity contribution < 1.29 is 0 Å². The number of nitriles is 1. The van der Waals surface area contributed by atoms with E-state index in [0.29, 0.717) is 17.0 Å². The molecule has 94 valence electrons. The molecule has 19 heavy (non-hydrogen) atoms. The fourth-order valence-corrected chi connectivity index (χ4v) is 2.20. The van der Waals surface area contributed by atoms with Crippen molar-refractivity contribution in [1.82, 2.24) is 5.32 Å². The lowest BCUT2D eigenvalue weighted by Crippen LogP contribution is -2.22. The number of allylic oxidation sites excluding steroid dienone is 2. The van der Waals surface area contributed by atoms with Crippen molar-refractivity contribution in [2.24, 2.45) is 5.92 Å². The Kier molecular flexibility index (Phi) is 3.27. The number of hydrogen-bond acceptors (Lipinski definition) is 3. The van der Waals surface area contributed by atoms with Crippen LogP contribution in [0.3, 0.4) is 0 Å². The van der Waals surface area contributed by atoms with Crippen LogP contribution in [0.25, 0.3) is 10.5 Å². The molecule has 1 aromatic carbocycles. The molecular weight excluding hydrogens is 236 g/mol. The summed E-state index contributed by atoms with van der Waals surface area (Å²) in [5, 5.41) is 12.3. The molecule has 1 aromatic rings. The third-order valence-corrected chi connectivity index (χ3v) is 3.26. The summed E-state index contributed by atoms with van der Waals surface area (Å²) in [6.45, 7) is 11.1. The van der Waals surface area contributed by atoms with E-state index in [2.05, 4.69) is 16.2 Å². The molecular formula is C15H14N4. The summed E-state index contributed by atoms with van der Waals surface area (Å²) in [5.74, 6) is -0.184. The normalized spacial score (nSPS) is 18.6. The molecule has 1 heterocycles. The van der Waals surface area contributed by atoms with Gasteiger partial charge in [0.15, 0.2) is 5.70 Å².